The van der Waals surface area contributed by atoms with Crippen LogP contribution in [-0.2, 0) is 0 Å². The predicted molar refractivity (Wildman–Crippen MR) is 106 cm³/mol. The summed E-state index contributed by atoms with van der Waals surface area (Å²) in [6.45, 7) is 0. The van der Waals surface area contributed by atoms with Crippen LogP contribution in [0.2, 0.25) is 0 Å². The van der Waals surface area contributed by atoms with E-state index in [4.69, 9.17) is 9.97 Å². The maximum absolute atomic E-state index is 5.01. The number of nitrogens with zero attached hydrogens (tertiary/aromatic N) is 2. The molecule has 3 heterocycles. The fourth-order valence-electron chi connectivity index (χ4n) is 3.24. The molecule has 5 aromatic rings. The van der Waals surface area contributed by atoms with Crippen molar-refractivity contribution in [2.24, 2.45) is 0 Å². The lowest BCUT2D eigenvalue weighted by atomic mass is 10.0. The van der Waals surface area contributed by atoms with Crippen molar-refractivity contribution < 1.29 is 0 Å². The zero-order chi connectivity index (χ0) is 16.6. The highest BCUT2D eigenvalue weighted by molar-refractivity contribution is 7.13. The van der Waals surface area contributed by atoms with Gasteiger partial charge in [-0.2, -0.15) is 0 Å². The highest BCUT2D eigenvalue weighted by atomic mass is 32.1. The van der Waals surface area contributed by atoms with Crippen LogP contribution in [0.25, 0.3) is 43.5 Å². The quantitative estimate of drug-likeness (QED) is 0.384. The SMILES string of the molecule is c1csc(-c2cc3ccccc3c(-c3nccc4ccccc34)n2)c1. The van der Waals surface area contributed by atoms with Gasteiger partial charge in [0.05, 0.1) is 22.0 Å². The molecule has 0 aliphatic heterocycles. The number of hydrogen-bond donors (Lipinski definition) is 0. The van der Waals surface area contributed by atoms with Crippen LogP contribution in [0.5, 0.6) is 0 Å². The molecule has 0 amide bonds. The number of aromatic nitrogens is 2. The third kappa shape index (κ3) is 2.41. The molecule has 0 bridgehead atoms. The van der Waals surface area contributed by atoms with Crippen LogP contribution in [0.3, 0.4) is 0 Å². The molecule has 0 unspecified atom stereocenters. The van der Waals surface area contributed by atoms with Crippen LogP contribution >= 0.6 is 11.3 Å². The second-order valence-electron chi connectivity index (χ2n) is 5.94. The van der Waals surface area contributed by atoms with E-state index in [0.717, 1.165) is 27.9 Å². The van der Waals surface area contributed by atoms with Gasteiger partial charge in [-0.15, -0.1) is 11.3 Å². The third-order valence-electron chi connectivity index (χ3n) is 4.41. The van der Waals surface area contributed by atoms with E-state index < -0.39 is 0 Å². The van der Waals surface area contributed by atoms with Crippen molar-refractivity contribution in [3.8, 4) is 22.0 Å². The lowest BCUT2D eigenvalue weighted by Gasteiger charge is -2.10. The fraction of sp³-hybridized carbons (Fsp3) is 0. The van der Waals surface area contributed by atoms with Gasteiger partial charge in [-0.05, 0) is 34.4 Å². The summed E-state index contributed by atoms with van der Waals surface area (Å²) in [5, 5.41) is 6.71. The average Bonchev–Trinajstić information content (AvgIpc) is 3.21. The molecular formula is C22H14N2S. The maximum Gasteiger partial charge on any atom is 0.0978 e. The standard InChI is InChI=1S/C22H14N2S/c1-3-8-17-15(6-1)11-12-23-21(17)22-18-9-4-2-7-16(18)14-19(24-22)20-10-5-13-25-20/h1-14H. The molecule has 0 atom stereocenters. The highest BCUT2D eigenvalue weighted by Crippen LogP contribution is 2.34. The Hall–Kier alpha value is -3.04. The van der Waals surface area contributed by atoms with E-state index in [2.05, 4.69) is 72.1 Å². The number of hydrogen-bond acceptors (Lipinski definition) is 3. The minimum Gasteiger partial charge on any atom is -0.254 e. The summed E-state index contributed by atoms with van der Waals surface area (Å²) < 4.78 is 0. The molecule has 118 valence electrons. The molecule has 2 nitrogen and oxygen atoms in total. The second-order valence-corrected chi connectivity index (χ2v) is 6.88. The molecule has 0 aliphatic rings. The molecule has 0 aliphatic carbocycles. The molecule has 0 saturated carbocycles. The highest BCUT2D eigenvalue weighted by Gasteiger charge is 2.13. The molecule has 25 heavy (non-hydrogen) atoms. The smallest absolute Gasteiger partial charge is 0.0978 e. The van der Waals surface area contributed by atoms with Crippen LogP contribution in [0.15, 0.2) is 84.4 Å². The summed E-state index contributed by atoms with van der Waals surface area (Å²) in [4.78, 5) is 10.9. The molecule has 2 aromatic carbocycles. The first kappa shape index (κ1) is 14.3. The van der Waals surface area contributed by atoms with Crippen LogP contribution in [0, 0.1) is 0 Å². The maximum atomic E-state index is 5.01. The number of fused-ring (bicyclic) bond motifs is 2. The van der Waals surface area contributed by atoms with Crippen molar-refractivity contribution in [2.75, 3.05) is 0 Å². The van der Waals surface area contributed by atoms with Gasteiger partial charge in [0.15, 0.2) is 0 Å². The molecule has 0 radical (unpaired) electrons. The fourth-order valence-corrected chi connectivity index (χ4v) is 3.92. The van der Waals surface area contributed by atoms with Gasteiger partial charge in [-0.1, -0.05) is 54.6 Å². The Morgan fingerprint density at radius 1 is 0.680 bits per heavy atom. The van der Waals surface area contributed by atoms with Crippen LogP contribution in [0.1, 0.15) is 0 Å². The van der Waals surface area contributed by atoms with Gasteiger partial charge in [-0.25, -0.2) is 4.98 Å². The summed E-state index contributed by atoms with van der Waals surface area (Å²) in [6, 6.07) is 25.1. The third-order valence-corrected chi connectivity index (χ3v) is 5.30. The first-order chi connectivity index (χ1) is 12.4. The topological polar surface area (TPSA) is 25.8 Å². The van der Waals surface area contributed by atoms with Crippen molar-refractivity contribution in [1.29, 1.82) is 0 Å². The van der Waals surface area contributed by atoms with Crippen molar-refractivity contribution in [3.63, 3.8) is 0 Å². The Morgan fingerprint density at radius 2 is 1.44 bits per heavy atom. The Kier molecular flexibility index (Phi) is 3.32. The Balaban J connectivity index is 1.88. The molecule has 0 saturated heterocycles. The summed E-state index contributed by atoms with van der Waals surface area (Å²) in [6.07, 6.45) is 1.87. The van der Waals surface area contributed by atoms with E-state index in [1.165, 1.54) is 15.6 Å². The van der Waals surface area contributed by atoms with E-state index in [1.54, 1.807) is 11.3 Å². The minimum absolute atomic E-state index is 0.938. The van der Waals surface area contributed by atoms with Gasteiger partial charge in [0.1, 0.15) is 0 Å². The number of thiophene rings is 1. The largest absolute Gasteiger partial charge is 0.254 e. The van der Waals surface area contributed by atoms with Gasteiger partial charge in [0.25, 0.3) is 0 Å². The molecule has 0 spiro atoms. The number of rotatable bonds is 2. The lowest BCUT2D eigenvalue weighted by molar-refractivity contribution is 1.29. The van der Waals surface area contributed by atoms with Crippen LogP contribution in [-0.4, -0.2) is 9.97 Å². The summed E-state index contributed by atoms with van der Waals surface area (Å²) in [5.74, 6) is 0. The zero-order valence-electron chi connectivity index (χ0n) is 13.4. The van der Waals surface area contributed by atoms with Gasteiger partial charge in [-0.3, -0.25) is 4.98 Å². The van der Waals surface area contributed by atoms with Crippen molar-refractivity contribution in [1.82, 2.24) is 9.97 Å². The molecule has 0 fully saturated rings. The van der Waals surface area contributed by atoms with Gasteiger partial charge < -0.3 is 0 Å². The lowest BCUT2D eigenvalue weighted by Crippen LogP contribution is -1.93. The van der Waals surface area contributed by atoms with E-state index >= 15 is 0 Å². The molecule has 3 aromatic heterocycles. The first-order valence-corrected chi connectivity index (χ1v) is 9.06. The Bertz CT molecular complexity index is 1190. The summed E-state index contributed by atoms with van der Waals surface area (Å²) in [7, 11) is 0. The van der Waals surface area contributed by atoms with E-state index in [1.807, 2.05) is 12.3 Å². The Morgan fingerprint density at radius 3 is 2.24 bits per heavy atom. The second kappa shape index (κ2) is 5.80. The number of benzene rings is 2. The first-order valence-electron chi connectivity index (χ1n) is 8.18. The normalized spacial score (nSPS) is 11.2. The molecule has 3 heteroatoms. The van der Waals surface area contributed by atoms with Crippen LogP contribution < -0.4 is 0 Å². The van der Waals surface area contributed by atoms with Crippen molar-refractivity contribution >= 4 is 32.9 Å². The predicted octanol–water partition coefficient (Wildman–Crippen LogP) is 6.18. The zero-order valence-corrected chi connectivity index (χ0v) is 14.2. The van der Waals surface area contributed by atoms with Crippen molar-refractivity contribution in [2.45, 2.75) is 0 Å². The average molecular weight is 338 g/mol. The number of pyridine rings is 2. The monoisotopic (exact) mass is 338 g/mol. The van der Waals surface area contributed by atoms with Crippen LogP contribution in [0.4, 0.5) is 0 Å². The van der Waals surface area contributed by atoms with Gasteiger partial charge in [0.2, 0.25) is 0 Å². The van der Waals surface area contributed by atoms with E-state index in [0.29, 0.717) is 0 Å². The minimum atomic E-state index is 0.938. The van der Waals surface area contributed by atoms with E-state index in [9.17, 15) is 0 Å². The summed E-state index contributed by atoms with van der Waals surface area (Å²) >= 11 is 1.71. The molecular weight excluding hydrogens is 324 g/mol. The molecule has 0 N–H and O–H groups in total. The van der Waals surface area contributed by atoms with E-state index in [-0.39, 0.29) is 0 Å². The van der Waals surface area contributed by atoms with Gasteiger partial charge >= 0.3 is 0 Å². The Labute approximate surface area is 149 Å². The summed E-state index contributed by atoms with van der Waals surface area (Å²) in [5.41, 5.74) is 2.88. The van der Waals surface area contributed by atoms with Crippen molar-refractivity contribution in [3.05, 3.63) is 84.4 Å². The van der Waals surface area contributed by atoms with Gasteiger partial charge in [0, 0.05) is 17.0 Å². The molecule has 5 rings (SSSR count).